The predicted octanol–water partition coefficient (Wildman–Crippen LogP) is 4.57. The summed E-state index contributed by atoms with van der Waals surface area (Å²) in [5, 5.41) is 7.97. The predicted molar refractivity (Wildman–Crippen MR) is 107 cm³/mol. The van der Waals surface area contributed by atoms with E-state index in [1.54, 1.807) is 18.2 Å². The van der Waals surface area contributed by atoms with Crippen LogP contribution >= 0.6 is 23.1 Å². The van der Waals surface area contributed by atoms with Gasteiger partial charge in [-0.1, -0.05) is 6.07 Å². The highest BCUT2D eigenvalue weighted by molar-refractivity contribution is 8.00. The van der Waals surface area contributed by atoms with E-state index in [1.807, 2.05) is 18.4 Å². The Morgan fingerprint density at radius 2 is 1.93 bits per heavy atom. The topological polar surface area (TPSA) is 71.1 Å². The second kappa shape index (κ2) is 8.79. The Bertz CT molecular complexity index is 958. The summed E-state index contributed by atoms with van der Waals surface area (Å²) in [5.74, 6) is -0.631. The molecule has 0 saturated carbocycles. The van der Waals surface area contributed by atoms with Crippen LogP contribution in [0, 0.1) is 12.7 Å². The van der Waals surface area contributed by atoms with Gasteiger partial charge in [-0.25, -0.2) is 9.37 Å². The number of thiazole rings is 1. The van der Waals surface area contributed by atoms with Gasteiger partial charge in [-0.15, -0.1) is 23.1 Å². The number of nitrogens with one attached hydrogen (secondary N) is 2. The molecule has 3 aromatic rings. The van der Waals surface area contributed by atoms with Crippen molar-refractivity contribution in [3.63, 3.8) is 0 Å². The van der Waals surface area contributed by atoms with Gasteiger partial charge in [-0.05, 0) is 49.4 Å². The van der Waals surface area contributed by atoms with Crippen LogP contribution in [0.2, 0.25) is 0 Å². The highest BCUT2D eigenvalue weighted by Gasteiger charge is 2.09. The molecule has 27 heavy (non-hydrogen) atoms. The van der Waals surface area contributed by atoms with Gasteiger partial charge in [0.2, 0.25) is 5.91 Å². The van der Waals surface area contributed by atoms with Crippen LogP contribution in [0.25, 0.3) is 0 Å². The average Bonchev–Trinajstić information content (AvgIpc) is 3.05. The van der Waals surface area contributed by atoms with Gasteiger partial charge in [0.05, 0.1) is 11.4 Å². The molecule has 0 radical (unpaired) electrons. The number of halogens is 1. The molecule has 5 nitrogen and oxygen atoms in total. The highest BCUT2D eigenvalue weighted by Crippen LogP contribution is 2.23. The van der Waals surface area contributed by atoms with E-state index in [4.69, 9.17) is 0 Å². The van der Waals surface area contributed by atoms with Gasteiger partial charge >= 0.3 is 0 Å². The van der Waals surface area contributed by atoms with Crippen molar-refractivity contribution in [2.24, 2.45) is 0 Å². The third-order valence-electron chi connectivity index (χ3n) is 3.43. The first-order valence-corrected chi connectivity index (χ1v) is 9.88. The Morgan fingerprint density at radius 3 is 2.63 bits per heavy atom. The SMILES string of the molecule is Cc1csc(NC(=O)CSc2cccc(NC(=O)c3ccc(F)cc3)c2)n1. The molecule has 138 valence electrons. The first kappa shape index (κ1) is 19.1. The lowest BCUT2D eigenvalue weighted by molar-refractivity contribution is -0.113. The molecule has 0 aliphatic carbocycles. The summed E-state index contributed by atoms with van der Waals surface area (Å²) < 4.78 is 12.9. The molecule has 0 saturated heterocycles. The summed E-state index contributed by atoms with van der Waals surface area (Å²) in [6.07, 6.45) is 0. The summed E-state index contributed by atoms with van der Waals surface area (Å²) in [6.45, 7) is 1.87. The minimum Gasteiger partial charge on any atom is -0.322 e. The maximum absolute atomic E-state index is 12.9. The molecule has 2 amide bonds. The number of aromatic nitrogens is 1. The summed E-state index contributed by atoms with van der Waals surface area (Å²) in [7, 11) is 0. The number of carbonyl (C=O) groups is 2. The van der Waals surface area contributed by atoms with E-state index in [-0.39, 0.29) is 17.6 Å². The Kier molecular flexibility index (Phi) is 6.20. The molecule has 3 rings (SSSR count). The lowest BCUT2D eigenvalue weighted by atomic mass is 10.2. The standard InChI is InChI=1S/C19H16FN3O2S2/c1-12-10-27-19(21-12)23-17(24)11-26-16-4-2-3-15(9-16)22-18(25)13-5-7-14(20)8-6-13/h2-10H,11H2,1H3,(H,22,25)(H,21,23,24). The third-order valence-corrected chi connectivity index (χ3v) is 5.30. The van der Waals surface area contributed by atoms with Crippen LogP contribution in [-0.4, -0.2) is 22.6 Å². The smallest absolute Gasteiger partial charge is 0.255 e. The van der Waals surface area contributed by atoms with E-state index in [0.717, 1.165) is 10.6 Å². The van der Waals surface area contributed by atoms with Crippen LogP contribution in [-0.2, 0) is 4.79 Å². The van der Waals surface area contributed by atoms with Crippen LogP contribution in [0.15, 0.2) is 58.8 Å². The lowest BCUT2D eigenvalue weighted by Gasteiger charge is -2.07. The number of amides is 2. The van der Waals surface area contributed by atoms with Crippen molar-refractivity contribution >= 4 is 45.7 Å². The van der Waals surface area contributed by atoms with Gasteiger partial charge < -0.3 is 10.6 Å². The van der Waals surface area contributed by atoms with Gasteiger partial charge in [-0.3, -0.25) is 9.59 Å². The number of aryl methyl sites for hydroxylation is 1. The molecule has 2 aromatic carbocycles. The van der Waals surface area contributed by atoms with Crippen molar-refractivity contribution in [1.82, 2.24) is 4.98 Å². The van der Waals surface area contributed by atoms with E-state index in [2.05, 4.69) is 15.6 Å². The first-order valence-electron chi connectivity index (χ1n) is 8.01. The summed E-state index contributed by atoms with van der Waals surface area (Å²) in [6, 6.07) is 12.5. The number of rotatable bonds is 6. The molecule has 0 bridgehead atoms. The number of anilines is 2. The first-order chi connectivity index (χ1) is 13.0. The normalized spacial score (nSPS) is 10.4. The van der Waals surface area contributed by atoms with Crippen molar-refractivity contribution in [1.29, 1.82) is 0 Å². The fourth-order valence-corrected chi connectivity index (χ4v) is 3.64. The Labute approximate surface area is 164 Å². The zero-order valence-electron chi connectivity index (χ0n) is 14.4. The van der Waals surface area contributed by atoms with Crippen molar-refractivity contribution in [3.8, 4) is 0 Å². The van der Waals surface area contributed by atoms with Crippen molar-refractivity contribution in [2.45, 2.75) is 11.8 Å². The molecule has 2 N–H and O–H groups in total. The van der Waals surface area contributed by atoms with Crippen LogP contribution in [0.1, 0.15) is 16.1 Å². The lowest BCUT2D eigenvalue weighted by Crippen LogP contribution is -2.14. The number of nitrogens with zero attached hydrogens (tertiary/aromatic N) is 1. The van der Waals surface area contributed by atoms with E-state index in [9.17, 15) is 14.0 Å². The fraction of sp³-hybridized carbons (Fsp3) is 0.105. The number of benzene rings is 2. The van der Waals surface area contributed by atoms with Gasteiger partial charge in [0.15, 0.2) is 5.13 Å². The third kappa shape index (κ3) is 5.63. The molecule has 0 unspecified atom stereocenters. The zero-order chi connectivity index (χ0) is 19.2. The number of carbonyl (C=O) groups excluding carboxylic acids is 2. The Morgan fingerprint density at radius 1 is 1.15 bits per heavy atom. The highest BCUT2D eigenvalue weighted by atomic mass is 32.2. The maximum atomic E-state index is 12.9. The minimum absolute atomic E-state index is 0.143. The second-order valence-corrected chi connectivity index (χ2v) is 7.53. The van der Waals surface area contributed by atoms with Crippen LogP contribution in [0.4, 0.5) is 15.2 Å². The van der Waals surface area contributed by atoms with E-state index < -0.39 is 5.82 Å². The van der Waals surface area contributed by atoms with Gasteiger partial charge in [0.25, 0.3) is 5.91 Å². The molecule has 1 aromatic heterocycles. The minimum atomic E-state index is -0.392. The van der Waals surface area contributed by atoms with Gasteiger partial charge in [0.1, 0.15) is 5.82 Å². The number of thioether (sulfide) groups is 1. The molecule has 0 aliphatic heterocycles. The van der Waals surface area contributed by atoms with Gasteiger partial charge in [-0.2, -0.15) is 0 Å². The van der Waals surface area contributed by atoms with Crippen LogP contribution in [0.3, 0.4) is 0 Å². The maximum Gasteiger partial charge on any atom is 0.255 e. The molecular formula is C19H16FN3O2S2. The van der Waals surface area contributed by atoms with E-state index in [0.29, 0.717) is 16.4 Å². The van der Waals surface area contributed by atoms with Gasteiger partial charge in [0, 0.05) is 21.5 Å². The average molecular weight is 401 g/mol. The number of hydrogen-bond acceptors (Lipinski definition) is 5. The summed E-state index contributed by atoms with van der Waals surface area (Å²) >= 11 is 2.74. The van der Waals surface area contributed by atoms with Crippen molar-refractivity contribution in [3.05, 3.63) is 71.0 Å². The molecule has 0 atom stereocenters. The summed E-state index contributed by atoms with van der Waals surface area (Å²) in [5.41, 5.74) is 1.84. The Hall–Kier alpha value is -2.71. The summed E-state index contributed by atoms with van der Waals surface area (Å²) in [4.78, 5) is 29.2. The fourth-order valence-electron chi connectivity index (χ4n) is 2.18. The molecule has 8 heteroatoms. The zero-order valence-corrected chi connectivity index (χ0v) is 16.0. The van der Waals surface area contributed by atoms with Crippen molar-refractivity contribution in [2.75, 3.05) is 16.4 Å². The van der Waals surface area contributed by atoms with Crippen molar-refractivity contribution < 1.29 is 14.0 Å². The molecule has 0 aliphatic rings. The molecule has 0 fully saturated rings. The van der Waals surface area contributed by atoms with E-state index >= 15 is 0 Å². The molecule has 0 spiro atoms. The molecule has 1 heterocycles. The second-order valence-electron chi connectivity index (χ2n) is 5.62. The molecular weight excluding hydrogens is 385 g/mol. The van der Waals surface area contributed by atoms with Crippen LogP contribution in [0.5, 0.6) is 0 Å². The van der Waals surface area contributed by atoms with Crippen LogP contribution < -0.4 is 10.6 Å². The quantitative estimate of drug-likeness (QED) is 0.594. The monoisotopic (exact) mass is 401 g/mol. The largest absolute Gasteiger partial charge is 0.322 e. The van der Waals surface area contributed by atoms with E-state index in [1.165, 1.54) is 47.4 Å². The number of hydrogen-bond donors (Lipinski definition) is 2. The Balaban J connectivity index is 1.56.